The molecule has 0 aromatic heterocycles. The second-order valence-electron chi connectivity index (χ2n) is 5.28. The largest absolute Gasteiger partial charge is 0.313 e. The Kier molecular flexibility index (Phi) is 5.61. The van der Waals surface area contributed by atoms with Crippen LogP contribution in [0.25, 0.3) is 0 Å². The maximum Gasteiger partial charge on any atom is 0.141 e. The summed E-state index contributed by atoms with van der Waals surface area (Å²) >= 11 is 5.84. The van der Waals surface area contributed by atoms with Crippen molar-refractivity contribution in [2.45, 2.75) is 38.8 Å². The highest BCUT2D eigenvalue weighted by Gasteiger charge is 2.17. The summed E-state index contributed by atoms with van der Waals surface area (Å²) in [4.78, 5) is 2.42. The van der Waals surface area contributed by atoms with E-state index in [4.69, 9.17) is 11.6 Å². The van der Waals surface area contributed by atoms with E-state index in [2.05, 4.69) is 17.1 Å². The number of hydrogen-bond acceptors (Lipinski definition) is 2. The first kappa shape index (κ1) is 14.8. The second-order valence-corrected chi connectivity index (χ2v) is 5.68. The lowest BCUT2D eigenvalue weighted by Crippen LogP contribution is -2.37. The number of benzene rings is 1. The van der Waals surface area contributed by atoms with E-state index in [-0.39, 0.29) is 10.8 Å². The number of nitrogens with zero attached hydrogens (tertiary/aromatic N) is 1. The fourth-order valence-electron chi connectivity index (χ4n) is 2.67. The van der Waals surface area contributed by atoms with Gasteiger partial charge in [0.2, 0.25) is 0 Å². The van der Waals surface area contributed by atoms with Gasteiger partial charge < -0.3 is 5.32 Å². The first-order valence-corrected chi connectivity index (χ1v) is 7.46. The molecule has 1 fully saturated rings. The Bertz CT molecular complexity index is 405. The average Bonchev–Trinajstić information content (AvgIpc) is 2.87. The monoisotopic (exact) mass is 284 g/mol. The van der Waals surface area contributed by atoms with Crippen LogP contribution in [-0.2, 0) is 6.54 Å². The summed E-state index contributed by atoms with van der Waals surface area (Å²) in [6.45, 7) is 6.28. The third-order valence-electron chi connectivity index (χ3n) is 3.57. The van der Waals surface area contributed by atoms with Crippen LogP contribution in [0.2, 0.25) is 5.02 Å². The van der Waals surface area contributed by atoms with Crippen molar-refractivity contribution in [3.05, 3.63) is 34.6 Å². The molecule has 0 aliphatic carbocycles. The first-order chi connectivity index (χ1) is 9.19. The van der Waals surface area contributed by atoms with E-state index < -0.39 is 0 Å². The summed E-state index contributed by atoms with van der Waals surface area (Å²) in [5.74, 6) is -0.343. The molecule has 106 valence electrons. The molecule has 4 heteroatoms. The Balaban J connectivity index is 1.96. The standard InChI is InChI=1S/C15H22ClFN2/c1-2-8-19(11-13-4-3-7-18-13)10-12-5-6-15(17)14(16)9-12/h5-6,9,13,18H,2-4,7-8,10-11H2,1H3. The summed E-state index contributed by atoms with van der Waals surface area (Å²) < 4.78 is 13.2. The fourth-order valence-corrected chi connectivity index (χ4v) is 2.87. The molecule has 1 unspecified atom stereocenters. The molecule has 0 bridgehead atoms. The number of rotatable bonds is 6. The van der Waals surface area contributed by atoms with Gasteiger partial charge in [0.25, 0.3) is 0 Å². The maximum absolute atomic E-state index is 13.2. The second kappa shape index (κ2) is 7.22. The van der Waals surface area contributed by atoms with Crippen molar-refractivity contribution < 1.29 is 4.39 Å². The highest BCUT2D eigenvalue weighted by atomic mass is 35.5. The van der Waals surface area contributed by atoms with Gasteiger partial charge >= 0.3 is 0 Å². The average molecular weight is 285 g/mol. The zero-order chi connectivity index (χ0) is 13.7. The summed E-state index contributed by atoms with van der Waals surface area (Å²) in [5.41, 5.74) is 1.08. The highest BCUT2D eigenvalue weighted by molar-refractivity contribution is 6.30. The molecule has 1 aliphatic heterocycles. The van der Waals surface area contributed by atoms with Gasteiger partial charge in [-0.1, -0.05) is 24.6 Å². The molecular weight excluding hydrogens is 263 g/mol. The van der Waals surface area contributed by atoms with E-state index in [1.54, 1.807) is 6.07 Å². The van der Waals surface area contributed by atoms with Crippen molar-refractivity contribution in [2.75, 3.05) is 19.6 Å². The Morgan fingerprint density at radius 1 is 1.47 bits per heavy atom. The van der Waals surface area contributed by atoms with E-state index in [1.807, 2.05) is 6.07 Å². The van der Waals surface area contributed by atoms with Crippen LogP contribution in [0.5, 0.6) is 0 Å². The van der Waals surface area contributed by atoms with Crippen LogP contribution in [0.15, 0.2) is 18.2 Å². The molecule has 1 aromatic rings. The van der Waals surface area contributed by atoms with Gasteiger partial charge in [-0.15, -0.1) is 0 Å². The minimum Gasteiger partial charge on any atom is -0.313 e. The number of halogens is 2. The molecule has 0 amide bonds. The van der Waals surface area contributed by atoms with Crippen LogP contribution in [0.1, 0.15) is 31.7 Å². The third kappa shape index (κ3) is 4.44. The molecule has 19 heavy (non-hydrogen) atoms. The van der Waals surface area contributed by atoms with E-state index in [0.717, 1.165) is 38.2 Å². The van der Waals surface area contributed by atoms with Crippen LogP contribution < -0.4 is 5.32 Å². The lowest BCUT2D eigenvalue weighted by atomic mass is 10.1. The van der Waals surface area contributed by atoms with Crippen molar-refractivity contribution in [1.29, 1.82) is 0 Å². The SMILES string of the molecule is CCCN(Cc1ccc(F)c(Cl)c1)CC1CCCN1. The molecule has 0 radical (unpaired) electrons. The molecule has 1 N–H and O–H groups in total. The van der Waals surface area contributed by atoms with Gasteiger partial charge in [-0.05, 0) is 50.0 Å². The van der Waals surface area contributed by atoms with Crippen molar-refractivity contribution in [1.82, 2.24) is 10.2 Å². The van der Waals surface area contributed by atoms with Crippen LogP contribution in [0, 0.1) is 5.82 Å². The molecule has 1 saturated heterocycles. The van der Waals surface area contributed by atoms with Gasteiger partial charge in [-0.25, -0.2) is 4.39 Å². The van der Waals surface area contributed by atoms with Crippen molar-refractivity contribution in [3.8, 4) is 0 Å². The summed E-state index contributed by atoms with van der Waals surface area (Å²) in [7, 11) is 0. The quantitative estimate of drug-likeness (QED) is 0.861. The van der Waals surface area contributed by atoms with Crippen LogP contribution in [0.3, 0.4) is 0 Å². The summed E-state index contributed by atoms with van der Waals surface area (Å²) in [5, 5.41) is 3.74. The third-order valence-corrected chi connectivity index (χ3v) is 3.86. The van der Waals surface area contributed by atoms with E-state index in [9.17, 15) is 4.39 Å². The van der Waals surface area contributed by atoms with Gasteiger partial charge in [0, 0.05) is 19.1 Å². The Labute approximate surface area is 119 Å². The van der Waals surface area contributed by atoms with Crippen LogP contribution in [-0.4, -0.2) is 30.6 Å². The van der Waals surface area contributed by atoms with Crippen LogP contribution in [0.4, 0.5) is 4.39 Å². The van der Waals surface area contributed by atoms with E-state index in [1.165, 1.54) is 18.9 Å². The molecule has 2 rings (SSSR count). The zero-order valence-electron chi connectivity index (χ0n) is 11.5. The topological polar surface area (TPSA) is 15.3 Å². The molecule has 1 atom stereocenters. The van der Waals surface area contributed by atoms with Gasteiger partial charge in [-0.2, -0.15) is 0 Å². The first-order valence-electron chi connectivity index (χ1n) is 7.08. The molecule has 1 aliphatic rings. The van der Waals surface area contributed by atoms with E-state index in [0.29, 0.717) is 6.04 Å². The van der Waals surface area contributed by atoms with Gasteiger partial charge in [-0.3, -0.25) is 4.90 Å². The number of nitrogens with one attached hydrogen (secondary N) is 1. The zero-order valence-corrected chi connectivity index (χ0v) is 12.2. The Hall–Kier alpha value is -0.640. The Morgan fingerprint density at radius 2 is 2.32 bits per heavy atom. The van der Waals surface area contributed by atoms with Crippen molar-refractivity contribution in [2.24, 2.45) is 0 Å². The highest BCUT2D eigenvalue weighted by Crippen LogP contribution is 2.18. The van der Waals surface area contributed by atoms with Gasteiger partial charge in [0.1, 0.15) is 5.82 Å². The minimum atomic E-state index is -0.343. The molecular formula is C15H22ClFN2. The van der Waals surface area contributed by atoms with Crippen molar-refractivity contribution in [3.63, 3.8) is 0 Å². The smallest absolute Gasteiger partial charge is 0.141 e. The molecule has 0 saturated carbocycles. The fraction of sp³-hybridized carbons (Fsp3) is 0.600. The van der Waals surface area contributed by atoms with Crippen LogP contribution >= 0.6 is 11.6 Å². The summed E-state index contributed by atoms with van der Waals surface area (Å²) in [6, 6.07) is 5.62. The van der Waals surface area contributed by atoms with Gasteiger partial charge in [0.05, 0.1) is 5.02 Å². The van der Waals surface area contributed by atoms with E-state index >= 15 is 0 Å². The lowest BCUT2D eigenvalue weighted by molar-refractivity contribution is 0.241. The molecule has 0 spiro atoms. The molecule has 2 nitrogen and oxygen atoms in total. The molecule has 1 aromatic carbocycles. The predicted molar refractivity (Wildman–Crippen MR) is 78.0 cm³/mol. The molecule has 1 heterocycles. The minimum absolute atomic E-state index is 0.216. The van der Waals surface area contributed by atoms with Crippen molar-refractivity contribution >= 4 is 11.6 Å². The number of hydrogen-bond donors (Lipinski definition) is 1. The predicted octanol–water partition coefficient (Wildman–Crippen LogP) is 3.44. The van der Waals surface area contributed by atoms with Gasteiger partial charge in [0.15, 0.2) is 0 Å². The lowest BCUT2D eigenvalue weighted by Gasteiger charge is -2.25. The maximum atomic E-state index is 13.2. The summed E-state index contributed by atoms with van der Waals surface area (Å²) in [6.07, 6.45) is 3.65. The Morgan fingerprint density at radius 3 is 2.95 bits per heavy atom. The normalized spacial score (nSPS) is 19.3.